The van der Waals surface area contributed by atoms with E-state index in [2.05, 4.69) is 52.5 Å². The zero-order chi connectivity index (χ0) is 23.1. The average Bonchev–Trinajstić information content (AvgIpc) is 2.70. The molecule has 0 amide bonds. The molecule has 0 aromatic heterocycles. The number of carboxylic acid groups (broad SMARTS) is 1. The molecule has 0 aliphatic carbocycles. The largest absolute Gasteiger partial charge is 0.480 e. The van der Waals surface area contributed by atoms with Gasteiger partial charge in [-0.05, 0) is 35.4 Å². The number of hydrogen-bond donors (Lipinski definition) is 2. The number of anilines is 1. The quantitative estimate of drug-likeness (QED) is 0.669. The van der Waals surface area contributed by atoms with Gasteiger partial charge in [-0.1, -0.05) is 32.9 Å². The van der Waals surface area contributed by atoms with Crippen LogP contribution in [0, 0.1) is 11.3 Å². The number of benzene rings is 1. The molecule has 3 N–H and O–H groups in total. The summed E-state index contributed by atoms with van der Waals surface area (Å²) in [6, 6.07) is 8.33. The molecule has 2 fully saturated rings. The molecule has 2 aliphatic rings. The molecule has 0 saturated carbocycles. The standard InChI is InChI=1S/C25H43N5O2/c1-25(2,3)20-30-14-12-27-8-10-29(19-24(31)32)11-9-28(13-15-30)18-22(17-27)16-21-4-6-23(26)7-5-21/h4-7,22H,8-20,26H2,1-3H3,(H,31,32). The molecule has 0 spiro atoms. The number of nitrogens with two attached hydrogens (primary N) is 1. The topological polar surface area (TPSA) is 76.3 Å². The molecular formula is C25H43N5O2. The Kier molecular flexibility index (Phi) is 8.94. The molecule has 1 aromatic carbocycles. The molecule has 2 atom stereocenters. The highest BCUT2D eigenvalue weighted by molar-refractivity contribution is 5.69. The van der Waals surface area contributed by atoms with E-state index in [9.17, 15) is 9.90 Å². The molecule has 2 bridgehead atoms. The number of carbonyl (C=O) groups is 1. The lowest BCUT2D eigenvalue weighted by Gasteiger charge is -2.40. The predicted octanol–water partition coefficient (Wildman–Crippen LogP) is 1.79. The summed E-state index contributed by atoms with van der Waals surface area (Å²) in [4.78, 5) is 21.2. The number of nitrogen functional groups attached to an aromatic ring is 1. The summed E-state index contributed by atoms with van der Waals surface area (Å²) < 4.78 is 0. The predicted molar refractivity (Wildman–Crippen MR) is 131 cm³/mol. The van der Waals surface area contributed by atoms with Crippen molar-refractivity contribution in [3.63, 3.8) is 0 Å². The van der Waals surface area contributed by atoms with Gasteiger partial charge in [0.2, 0.25) is 0 Å². The van der Waals surface area contributed by atoms with Crippen molar-refractivity contribution >= 4 is 11.7 Å². The molecule has 0 radical (unpaired) electrons. The summed E-state index contributed by atoms with van der Waals surface area (Å²) >= 11 is 0. The second-order valence-corrected chi connectivity index (χ2v) is 10.9. The smallest absolute Gasteiger partial charge is 0.317 e. The Morgan fingerprint density at radius 2 is 1.41 bits per heavy atom. The zero-order valence-corrected chi connectivity index (χ0v) is 20.3. The van der Waals surface area contributed by atoms with Gasteiger partial charge in [0, 0.05) is 77.7 Å². The van der Waals surface area contributed by atoms with Gasteiger partial charge in [-0.15, -0.1) is 0 Å². The number of rotatable bonds is 5. The number of nitrogens with zero attached hydrogens (tertiary/aromatic N) is 4. The van der Waals surface area contributed by atoms with Crippen LogP contribution in [0.3, 0.4) is 0 Å². The fraction of sp³-hybridized carbons (Fsp3) is 0.720. The zero-order valence-electron chi connectivity index (χ0n) is 20.3. The van der Waals surface area contributed by atoms with Gasteiger partial charge >= 0.3 is 5.97 Å². The molecule has 3 rings (SSSR count). The van der Waals surface area contributed by atoms with E-state index in [0.29, 0.717) is 5.92 Å². The first-order valence-electron chi connectivity index (χ1n) is 12.1. The van der Waals surface area contributed by atoms with Crippen LogP contribution in [0.25, 0.3) is 0 Å². The molecule has 180 valence electrons. The number of carboxylic acids is 1. The summed E-state index contributed by atoms with van der Waals surface area (Å²) in [5.74, 6) is -0.177. The third-order valence-electron chi connectivity index (χ3n) is 6.52. The highest BCUT2D eigenvalue weighted by atomic mass is 16.4. The minimum atomic E-state index is -0.732. The van der Waals surface area contributed by atoms with Crippen molar-refractivity contribution in [2.24, 2.45) is 11.3 Å². The third kappa shape index (κ3) is 8.70. The van der Waals surface area contributed by atoms with Crippen molar-refractivity contribution in [1.82, 2.24) is 19.6 Å². The fourth-order valence-corrected chi connectivity index (χ4v) is 5.03. The fourth-order valence-electron chi connectivity index (χ4n) is 5.03. The molecule has 32 heavy (non-hydrogen) atoms. The Bertz CT molecular complexity index is 696. The maximum Gasteiger partial charge on any atom is 0.317 e. The van der Waals surface area contributed by atoms with Gasteiger partial charge in [-0.25, -0.2) is 0 Å². The van der Waals surface area contributed by atoms with E-state index in [-0.39, 0.29) is 12.0 Å². The Morgan fingerprint density at radius 3 is 1.88 bits per heavy atom. The van der Waals surface area contributed by atoms with Crippen LogP contribution >= 0.6 is 0 Å². The van der Waals surface area contributed by atoms with Gasteiger partial charge in [0.25, 0.3) is 0 Å². The molecule has 1 aromatic rings. The van der Waals surface area contributed by atoms with Crippen LogP contribution in [-0.2, 0) is 11.2 Å². The first-order chi connectivity index (χ1) is 15.2. The Labute approximate surface area is 194 Å². The van der Waals surface area contributed by atoms with E-state index in [0.717, 1.165) is 84.1 Å². The van der Waals surface area contributed by atoms with Crippen LogP contribution in [0.1, 0.15) is 26.3 Å². The average molecular weight is 446 g/mol. The van der Waals surface area contributed by atoms with Gasteiger partial charge in [-0.3, -0.25) is 9.69 Å². The van der Waals surface area contributed by atoms with E-state index >= 15 is 0 Å². The Hall–Kier alpha value is -1.67. The maximum absolute atomic E-state index is 11.4. The van der Waals surface area contributed by atoms with Gasteiger partial charge in [0.05, 0.1) is 6.54 Å². The van der Waals surface area contributed by atoms with Crippen molar-refractivity contribution in [2.45, 2.75) is 27.2 Å². The van der Waals surface area contributed by atoms with Gasteiger partial charge in [0.15, 0.2) is 0 Å². The lowest BCUT2D eigenvalue weighted by molar-refractivity contribution is -0.138. The minimum absolute atomic E-state index is 0.132. The van der Waals surface area contributed by atoms with Crippen molar-refractivity contribution in [2.75, 3.05) is 84.3 Å². The summed E-state index contributed by atoms with van der Waals surface area (Å²) in [5, 5.41) is 9.34. The highest BCUT2D eigenvalue weighted by Gasteiger charge is 2.26. The van der Waals surface area contributed by atoms with Crippen LogP contribution in [0.2, 0.25) is 0 Å². The number of fused-ring (bicyclic) bond motifs is 4. The molecular weight excluding hydrogens is 402 g/mol. The Morgan fingerprint density at radius 1 is 0.906 bits per heavy atom. The van der Waals surface area contributed by atoms with Crippen LogP contribution in [0.15, 0.2) is 24.3 Å². The third-order valence-corrected chi connectivity index (χ3v) is 6.52. The Balaban J connectivity index is 1.76. The summed E-state index contributed by atoms with van der Waals surface area (Å²) in [5.41, 5.74) is 8.34. The first kappa shape index (κ1) is 25.0. The number of aliphatic carboxylic acids is 1. The van der Waals surface area contributed by atoms with E-state index in [1.54, 1.807) is 0 Å². The highest BCUT2D eigenvalue weighted by Crippen LogP contribution is 2.19. The first-order valence-corrected chi connectivity index (χ1v) is 12.1. The van der Waals surface area contributed by atoms with Crippen molar-refractivity contribution in [3.05, 3.63) is 29.8 Å². The molecule has 7 heteroatoms. The van der Waals surface area contributed by atoms with Crippen LogP contribution in [0.4, 0.5) is 5.69 Å². The molecule has 7 nitrogen and oxygen atoms in total. The lowest BCUT2D eigenvalue weighted by atomic mass is 9.95. The van der Waals surface area contributed by atoms with E-state index in [1.165, 1.54) is 5.56 Å². The molecule has 2 aliphatic heterocycles. The van der Waals surface area contributed by atoms with Gasteiger partial charge < -0.3 is 25.5 Å². The van der Waals surface area contributed by atoms with Gasteiger partial charge in [-0.2, -0.15) is 0 Å². The number of hydrogen-bond acceptors (Lipinski definition) is 6. The molecule has 2 saturated heterocycles. The summed E-state index contributed by atoms with van der Waals surface area (Å²) in [7, 11) is 0. The van der Waals surface area contributed by atoms with E-state index in [4.69, 9.17) is 5.73 Å². The van der Waals surface area contributed by atoms with Crippen LogP contribution < -0.4 is 5.73 Å². The molecule has 2 heterocycles. The second-order valence-electron chi connectivity index (χ2n) is 10.9. The second kappa shape index (κ2) is 11.5. The van der Waals surface area contributed by atoms with Crippen molar-refractivity contribution in [3.8, 4) is 0 Å². The van der Waals surface area contributed by atoms with Gasteiger partial charge in [0.1, 0.15) is 0 Å². The van der Waals surface area contributed by atoms with E-state index < -0.39 is 5.97 Å². The maximum atomic E-state index is 11.4. The minimum Gasteiger partial charge on any atom is -0.480 e. The monoisotopic (exact) mass is 445 g/mol. The lowest BCUT2D eigenvalue weighted by Crippen LogP contribution is -2.52. The SMILES string of the molecule is CC(C)(C)CN1CCN2CCN(CC(=O)O)CCN(CC1)CC(Cc1ccc(N)cc1)C2. The van der Waals surface area contributed by atoms with Crippen molar-refractivity contribution in [1.29, 1.82) is 0 Å². The summed E-state index contributed by atoms with van der Waals surface area (Å²) in [6.07, 6.45) is 1.05. The molecule has 2 unspecified atom stereocenters. The van der Waals surface area contributed by atoms with Crippen LogP contribution in [0.5, 0.6) is 0 Å². The van der Waals surface area contributed by atoms with Crippen molar-refractivity contribution < 1.29 is 9.90 Å². The van der Waals surface area contributed by atoms with Crippen LogP contribution in [-0.4, -0.2) is 109 Å². The van der Waals surface area contributed by atoms with E-state index in [1.807, 2.05) is 12.1 Å². The normalized spacial score (nSPS) is 26.8. The summed E-state index contributed by atoms with van der Waals surface area (Å²) in [6.45, 7) is 18.0.